The predicted molar refractivity (Wildman–Crippen MR) is 122 cm³/mol. The van der Waals surface area contributed by atoms with Gasteiger partial charge >= 0.3 is 0 Å². The summed E-state index contributed by atoms with van der Waals surface area (Å²) in [6, 6.07) is 9.82. The molecule has 1 saturated heterocycles. The average Bonchev–Trinajstić information content (AvgIpc) is 3.28. The molecular weight excluding hydrogens is 482 g/mol. The van der Waals surface area contributed by atoms with E-state index >= 15 is 0 Å². The first-order chi connectivity index (χ1) is 16.3. The molecule has 1 fully saturated rings. The number of H-pyrrole nitrogens is 1. The standard InChI is InChI=1S/C21H18ClN7O4S/c22-14-4-5-15-16(11-14)26-21(25-15)34(32,33)28-9-7-27(8-10-28)20(30)18-13-23-17(12-24-18)19-3-1-2-6-29(19)31/h1-6,11-13H,7-10H2,(H,25,26). The van der Waals surface area contributed by atoms with Gasteiger partial charge in [-0.1, -0.05) is 11.6 Å². The summed E-state index contributed by atoms with van der Waals surface area (Å²) in [5.41, 5.74) is 1.80. The normalized spacial score (nSPS) is 15.0. The molecule has 0 radical (unpaired) electrons. The van der Waals surface area contributed by atoms with Crippen LogP contribution in [0.2, 0.25) is 5.02 Å². The predicted octanol–water partition coefficient (Wildman–Crippen LogP) is 1.45. The highest BCUT2D eigenvalue weighted by Crippen LogP contribution is 2.22. The third kappa shape index (κ3) is 4.06. The highest BCUT2D eigenvalue weighted by atomic mass is 35.5. The number of rotatable bonds is 4. The number of fused-ring (bicyclic) bond motifs is 1. The number of halogens is 1. The first-order valence-corrected chi connectivity index (χ1v) is 12.1. The lowest BCUT2D eigenvalue weighted by Crippen LogP contribution is -2.50. The molecule has 1 aliphatic heterocycles. The van der Waals surface area contributed by atoms with Crippen LogP contribution in [-0.4, -0.2) is 69.6 Å². The number of imidazole rings is 1. The number of carbonyl (C=O) groups is 1. The van der Waals surface area contributed by atoms with Crippen molar-refractivity contribution in [2.45, 2.75) is 5.16 Å². The lowest BCUT2D eigenvalue weighted by Gasteiger charge is -2.33. The molecule has 1 aliphatic rings. The Kier molecular flexibility index (Phi) is 5.63. The van der Waals surface area contributed by atoms with Crippen molar-refractivity contribution in [2.75, 3.05) is 26.2 Å². The molecule has 13 heteroatoms. The van der Waals surface area contributed by atoms with Crippen LogP contribution < -0.4 is 4.73 Å². The van der Waals surface area contributed by atoms with Crippen LogP contribution in [0.1, 0.15) is 10.5 Å². The van der Waals surface area contributed by atoms with E-state index in [0.29, 0.717) is 32.2 Å². The molecule has 4 aromatic rings. The molecule has 1 amide bonds. The topological polar surface area (TPSA) is 139 Å². The third-order valence-electron chi connectivity index (χ3n) is 5.49. The maximum atomic E-state index is 13.0. The summed E-state index contributed by atoms with van der Waals surface area (Å²) in [4.78, 5) is 29.7. The Labute approximate surface area is 199 Å². The number of hydrogen-bond donors (Lipinski definition) is 1. The summed E-state index contributed by atoms with van der Waals surface area (Å²) in [6.45, 7) is 0.592. The molecule has 174 valence electrons. The van der Waals surface area contributed by atoms with Crippen LogP contribution >= 0.6 is 11.6 Å². The Morgan fingerprint density at radius 2 is 1.88 bits per heavy atom. The zero-order valence-corrected chi connectivity index (χ0v) is 19.2. The Hall–Kier alpha value is -3.61. The van der Waals surface area contributed by atoms with Crippen molar-refractivity contribution < 1.29 is 17.9 Å². The van der Waals surface area contributed by atoms with Gasteiger partial charge in [0, 0.05) is 43.3 Å². The van der Waals surface area contributed by atoms with Crippen LogP contribution in [0.15, 0.2) is 60.1 Å². The van der Waals surface area contributed by atoms with Gasteiger partial charge in [-0.3, -0.25) is 4.79 Å². The van der Waals surface area contributed by atoms with Crippen LogP contribution in [0.5, 0.6) is 0 Å². The van der Waals surface area contributed by atoms with Crippen LogP contribution in [0.3, 0.4) is 0 Å². The fourth-order valence-corrected chi connectivity index (χ4v) is 5.20. The molecule has 0 spiro atoms. The second kappa shape index (κ2) is 8.63. The summed E-state index contributed by atoms with van der Waals surface area (Å²) in [5, 5.41) is 12.2. The van der Waals surface area contributed by atoms with Crippen molar-refractivity contribution in [1.82, 2.24) is 29.1 Å². The third-order valence-corrected chi connectivity index (χ3v) is 7.45. The van der Waals surface area contributed by atoms with Gasteiger partial charge in [-0.25, -0.2) is 23.4 Å². The van der Waals surface area contributed by atoms with Crippen molar-refractivity contribution in [3.05, 3.63) is 70.9 Å². The zero-order valence-electron chi connectivity index (χ0n) is 17.6. The van der Waals surface area contributed by atoms with Crippen molar-refractivity contribution in [1.29, 1.82) is 0 Å². The molecular formula is C21H18ClN7O4S. The minimum Gasteiger partial charge on any atom is -0.618 e. The molecule has 3 aromatic heterocycles. The van der Waals surface area contributed by atoms with Crippen molar-refractivity contribution in [3.8, 4) is 11.4 Å². The maximum Gasteiger partial charge on any atom is 0.276 e. The van der Waals surface area contributed by atoms with E-state index in [9.17, 15) is 18.4 Å². The SMILES string of the molecule is O=C(c1cnc(-c2cccc[n+]2[O-])cn1)N1CCN(S(=O)(=O)c2nc3cc(Cl)ccc3[nH]2)CC1. The van der Waals surface area contributed by atoms with Gasteiger partial charge in [0.25, 0.3) is 15.9 Å². The Balaban J connectivity index is 1.27. The molecule has 5 rings (SSSR count). The van der Waals surface area contributed by atoms with Gasteiger partial charge in [-0.15, -0.1) is 0 Å². The molecule has 0 atom stereocenters. The van der Waals surface area contributed by atoms with E-state index in [-0.39, 0.29) is 42.9 Å². The van der Waals surface area contributed by atoms with Crippen LogP contribution in [0, 0.1) is 5.21 Å². The number of sulfonamides is 1. The van der Waals surface area contributed by atoms with E-state index in [0.717, 1.165) is 0 Å². The molecule has 1 N–H and O–H groups in total. The molecule has 0 saturated carbocycles. The average molecular weight is 500 g/mol. The van der Waals surface area contributed by atoms with Gasteiger partial charge in [-0.2, -0.15) is 9.04 Å². The largest absolute Gasteiger partial charge is 0.618 e. The summed E-state index contributed by atoms with van der Waals surface area (Å²) in [6.07, 6.45) is 4.03. The highest BCUT2D eigenvalue weighted by Gasteiger charge is 2.33. The lowest BCUT2D eigenvalue weighted by molar-refractivity contribution is -0.593. The van der Waals surface area contributed by atoms with Crippen LogP contribution in [-0.2, 0) is 10.0 Å². The minimum atomic E-state index is -3.87. The summed E-state index contributed by atoms with van der Waals surface area (Å²) in [7, 11) is -3.87. The Morgan fingerprint density at radius 3 is 2.59 bits per heavy atom. The van der Waals surface area contributed by atoms with E-state index in [1.165, 1.54) is 27.8 Å². The smallest absolute Gasteiger partial charge is 0.276 e. The van der Waals surface area contributed by atoms with Crippen molar-refractivity contribution in [2.24, 2.45) is 0 Å². The van der Waals surface area contributed by atoms with E-state index in [2.05, 4.69) is 19.9 Å². The van der Waals surface area contributed by atoms with Crippen LogP contribution in [0.25, 0.3) is 22.4 Å². The number of carbonyl (C=O) groups excluding carboxylic acids is 1. The summed E-state index contributed by atoms with van der Waals surface area (Å²) >= 11 is 5.96. The van der Waals surface area contributed by atoms with E-state index in [1.807, 2.05) is 0 Å². The second-order valence-corrected chi connectivity index (χ2v) is 9.89. The second-order valence-electron chi connectivity index (χ2n) is 7.60. The Morgan fingerprint density at radius 1 is 1.09 bits per heavy atom. The number of piperazine rings is 1. The molecule has 11 nitrogen and oxygen atoms in total. The zero-order chi connectivity index (χ0) is 23.9. The number of amides is 1. The summed E-state index contributed by atoms with van der Waals surface area (Å²) < 4.78 is 28.0. The number of nitrogens with one attached hydrogen (secondary N) is 1. The quantitative estimate of drug-likeness (QED) is 0.331. The van der Waals surface area contributed by atoms with Crippen molar-refractivity contribution in [3.63, 3.8) is 0 Å². The fraction of sp³-hybridized carbons (Fsp3) is 0.190. The number of pyridine rings is 1. The number of hydrogen-bond acceptors (Lipinski definition) is 7. The first kappa shape index (κ1) is 22.2. The fourth-order valence-electron chi connectivity index (χ4n) is 3.69. The van der Waals surface area contributed by atoms with E-state index < -0.39 is 10.0 Å². The van der Waals surface area contributed by atoms with Gasteiger partial charge in [0.05, 0.1) is 23.4 Å². The van der Waals surface area contributed by atoms with Gasteiger partial charge in [0.15, 0.2) is 11.9 Å². The number of aromatic nitrogens is 5. The Bertz CT molecular complexity index is 1480. The summed E-state index contributed by atoms with van der Waals surface area (Å²) in [5.74, 6) is -0.363. The molecule has 4 heterocycles. The lowest BCUT2D eigenvalue weighted by atomic mass is 10.2. The highest BCUT2D eigenvalue weighted by molar-refractivity contribution is 7.89. The number of nitrogens with zero attached hydrogens (tertiary/aromatic N) is 6. The van der Waals surface area contributed by atoms with Gasteiger partial charge in [0.1, 0.15) is 5.69 Å². The number of benzene rings is 1. The monoisotopic (exact) mass is 499 g/mol. The van der Waals surface area contributed by atoms with Crippen LogP contribution in [0.4, 0.5) is 0 Å². The maximum absolute atomic E-state index is 13.0. The molecule has 0 bridgehead atoms. The van der Waals surface area contributed by atoms with Gasteiger partial charge in [0.2, 0.25) is 10.9 Å². The number of aromatic amines is 1. The molecule has 34 heavy (non-hydrogen) atoms. The van der Waals surface area contributed by atoms with Crippen molar-refractivity contribution >= 4 is 38.6 Å². The van der Waals surface area contributed by atoms with Gasteiger partial charge in [-0.05, 0) is 24.3 Å². The molecule has 0 unspecified atom stereocenters. The molecule has 1 aromatic carbocycles. The van der Waals surface area contributed by atoms with E-state index in [4.69, 9.17) is 11.6 Å². The van der Waals surface area contributed by atoms with E-state index in [1.54, 1.807) is 36.4 Å². The first-order valence-electron chi connectivity index (χ1n) is 10.3. The van der Waals surface area contributed by atoms with Gasteiger partial charge < -0.3 is 15.1 Å². The minimum absolute atomic E-state index is 0.109. The molecule has 0 aliphatic carbocycles.